The van der Waals surface area contributed by atoms with Crippen molar-refractivity contribution in [2.75, 3.05) is 5.32 Å². The average Bonchev–Trinajstić information content (AvgIpc) is 3.02. The second-order valence-corrected chi connectivity index (χ2v) is 8.51. The van der Waals surface area contributed by atoms with Crippen LogP contribution in [0.3, 0.4) is 0 Å². The molecule has 0 aliphatic heterocycles. The molecule has 2 heterocycles. The molecule has 9 nitrogen and oxygen atoms in total. The fourth-order valence-electron chi connectivity index (χ4n) is 2.26. The van der Waals surface area contributed by atoms with Gasteiger partial charge in [-0.2, -0.15) is 0 Å². The van der Waals surface area contributed by atoms with Gasteiger partial charge < -0.3 is 10.3 Å². The Morgan fingerprint density at radius 2 is 2.04 bits per heavy atom. The van der Waals surface area contributed by atoms with Gasteiger partial charge >= 0.3 is 0 Å². The highest BCUT2D eigenvalue weighted by atomic mass is 32.2. The highest BCUT2D eigenvalue weighted by Gasteiger charge is 2.21. The summed E-state index contributed by atoms with van der Waals surface area (Å²) in [5.41, 5.74) is 1.60. The summed E-state index contributed by atoms with van der Waals surface area (Å²) in [5, 5.41) is 10.4. The lowest BCUT2D eigenvalue weighted by atomic mass is 10.1. The number of hydrogen-bond acceptors (Lipinski definition) is 7. The molecule has 0 bridgehead atoms. The van der Waals surface area contributed by atoms with E-state index in [0.29, 0.717) is 5.52 Å². The number of pyridine rings is 1. The van der Waals surface area contributed by atoms with Crippen LogP contribution in [-0.2, 0) is 21.4 Å². The molecule has 136 valence electrons. The Labute approximate surface area is 152 Å². The molecule has 3 N–H and O–H groups in total. The maximum absolute atomic E-state index is 12.3. The number of aromatic nitrogens is 3. The molecule has 1 amide bonds. The zero-order valence-corrected chi connectivity index (χ0v) is 15.5. The molecule has 0 atom stereocenters. The first kappa shape index (κ1) is 18.2. The predicted octanol–water partition coefficient (Wildman–Crippen LogP) is 1.12. The molecule has 0 unspecified atom stereocenters. The number of fused-ring (bicyclic) bond motifs is 1. The molecule has 0 fully saturated rings. The number of sulfonamides is 1. The van der Waals surface area contributed by atoms with Gasteiger partial charge in [0, 0.05) is 24.5 Å². The highest BCUT2D eigenvalue weighted by Crippen LogP contribution is 2.20. The summed E-state index contributed by atoms with van der Waals surface area (Å²) in [7, 11) is -3.96. The summed E-state index contributed by atoms with van der Waals surface area (Å²) < 4.78 is 26.6. The number of benzene rings is 1. The molecule has 0 saturated heterocycles. The molecule has 0 aliphatic carbocycles. The molecule has 0 radical (unpaired) electrons. The fraction of sp³-hybridized carbons (Fsp3) is 0.200. The molecule has 3 rings (SSSR count). The van der Waals surface area contributed by atoms with Gasteiger partial charge in [-0.1, -0.05) is 23.0 Å². The molecule has 3 aromatic rings. The molecule has 2 aromatic heterocycles. The van der Waals surface area contributed by atoms with Crippen molar-refractivity contribution in [1.29, 1.82) is 0 Å². The van der Waals surface area contributed by atoms with E-state index in [-0.39, 0.29) is 33.0 Å². The van der Waals surface area contributed by atoms with E-state index in [1.807, 2.05) is 19.1 Å². The third kappa shape index (κ3) is 3.95. The van der Waals surface area contributed by atoms with Crippen LogP contribution in [0.5, 0.6) is 0 Å². The van der Waals surface area contributed by atoms with Gasteiger partial charge in [-0.25, -0.2) is 13.1 Å². The van der Waals surface area contributed by atoms with E-state index in [2.05, 4.69) is 25.2 Å². The van der Waals surface area contributed by atoms with Gasteiger partial charge in [-0.05, 0) is 30.5 Å². The van der Waals surface area contributed by atoms with Gasteiger partial charge in [-0.15, -0.1) is 10.2 Å². The van der Waals surface area contributed by atoms with Crippen LogP contribution in [0.15, 0.2) is 33.4 Å². The Kier molecular flexibility index (Phi) is 4.85. The van der Waals surface area contributed by atoms with Crippen molar-refractivity contribution in [3.05, 3.63) is 45.7 Å². The Hall–Kier alpha value is -2.63. The van der Waals surface area contributed by atoms with Crippen LogP contribution in [0.2, 0.25) is 0 Å². The van der Waals surface area contributed by atoms with Gasteiger partial charge in [0.15, 0.2) is 0 Å². The first-order valence-corrected chi connectivity index (χ1v) is 9.78. The van der Waals surface area contributed by atoms with Crippen molar-refractivity contribution < 1.29 is 13.2 Å². The third-order valence-corrected chi connectivity index (χ3v) is 6.06. The van der Waals surface area contributed by atoms with Crippen molar-refractivity contribution in [2.45, 2.75) is 24.7 Å². The second kappa shape index (κ2) is 6.94. The smallest absolute Gasteiger partial charge is 0.270 e. The minimum atomic E-state index is -3.96. The number of rotatable bonds is 5. The number of H-pyrrole nitrogens is 1. The van der Waals surface area contributed by atoms with Crippen molar-refractivity contribution in [2.24, 2.45) is 0 Å². The van der Waals surface area contributed by atoms with Crippen LogP contribution < -0.4 is 15.6 Å². The van der Waals surface area contributed by atoms with Crippen LogP contribution in [0, 0.1) is 6.92 Å². The van der Waals surface area contributed by atoms with Crippen LogP contribution in [0.4, 0.5) is 5.13 Å². The third-order valence-electron chi connectivity index (χ3n) is 3.45. The normalized spacial score (nSPS) is 11.6. The lowest BCUT2D eigenvalue weighted by Crippen LogP contribution is -2.26. The Bertz CT molecular complexity index is 1150. The maximum atomic E-state index is 12.3. The van der Waals surface area contributed by atoms with Crippen molar-refractivity contribution >= 4 is 43.3 Å². The molecule has 0 spiro atoms. The number of aromatic amines is 1. The molecule has 0 saturated carbocycles. The summed E-state index contributed by atoms with van der Waals surface area (Å²) in [4.78, 5) is 25.8. The summed E-state index contributed by atoms with van der Waals surface area (Å²) in [6.45, 7) is 3.01. The van der Waals surface area contributed by atoms with Crippen LogP contribution in [0.1, 0.15) is 18.1 Å². The topological polar surface area (TPSA) is 134 Å². The Balaban J connectivity index is 1.82. The maximum Gasteiger partial charge on any atom is 0.270 e. The first-order chi connectivity index (χ1) is 12.2. The van der Waals surface area contributed by atoms with E-state index < -0.39 is 10.0 Å². The summed E-state index contributed by atoms with van der Waals surface area (Å²) >= 11 is 0.721. The standard InChI is InChI=1S/C15H15N5O4S2/c1-8-3-4-12-10(5-8)6-11(13(22)18-12)7-16-26(23,24)15-20-19-14(25-15)17-9(2)21/h3-6,16H,7H2,1-2H3,(H,18,22)(H,17,19,21). The Morgan fingerprint density at radius 3 is 2.77 bits per heavy atom. The van der Waals surface area contributed by atoms with E-state index in [1.165, 1.54) is 6.92 Å². The number of nitrogens with one attached hydrogen (secondary N) is 3. The van der Waals surface area contributed by atoms with E-state index >= 15 is 0 Å². The van der Waals surface area contributed by atoms with Crippen LogP contribution in [-0.4, -0.2) is 29.5 Å². The monoisotopic (exact) mass is 393 g/mol. The molecular formula is C15H15N5O4S2. The van der Waals surface area contributed by atoms with Gasteiger partial charge in [0.2, 0.25) is 15.4 Å². The van der Waals surface area contributed by atoms with Crippen LogP contribution in [0.25, 0.3) is 10.9 Å². The Morgan fingerprint density at radius 1 is 1.27 bits per heavy atom. The lowest BCUT2D eigenvalue weighted by Gasteiger charge is -2.05. The SMILES string of the molecule is CC(=O)Nc1nnc(S(=O)(=O)NCc2cc3cc(C)ccc3[nH]c2=O)s1. The predicted molar refractivity (Wildman–Crippen MR) is 97.5 cm³/mol. The molecular weight excluding hydrogens is 378 g/mol. The van der Waals surface area contributed by atoms with Gasteiger partial charge in [0.25, 0.3) is 15.6 Å². The number of aryl methyl sites for hydroxylation is 1. The van der Waals surface area contributed by atoms with Gasteiger partial charge in [-0.3, -0.25) is 9.59 Å². The molecule has 11 heteroatoms. The summed E-state index contributed by atoms with van der Waals surface area (Å²) in [6.07, 6.45) is 0. The zero-order chi connectivity index (χ0) is 18.9. The molecule has 1 aromatic carbocycles. The zero-order valence-electron chi connectivity index (χ0n) is 13.9. The fourth-order valence-corrected chi connectivity index (χ4v) is 4.25. The largest absolute Gasteiger partial charge is 0.322 e. The van der Waals surface area contributed by atoms with E-state index in [1.54, 1.807) is 12.1 Å². The van der Waals surface area contributed by atoms with Crippen LogP contribution >= 0.6 is 11.3 Å². The average molecular weight is 393 g/mol. The van der Waals surface area contributed by atoms with Gasteiger partial charge in [0.05, 0.1) is 0 Å². The number of nitrogens with zero attached hydrogens (tertiary/aromatic N) is 2. The van der Waals surface area contributed by atoms with Crippen molar-refractivity contribution in [3.8, 4) is 0 Å². The van der Waals surface area contributed by atoms with Crippen molar-refractivity contribution in [1.82, 2.24) is 19.9 Å². The van der Waals surface area contributed by atoms with Gasteiger partial charge in [0.1, 0.15) is 0 Å². The quantitative estimate of drug-likeness (QED) is 0.556. The first-order valence-electron chi connectivity index (χ1n) is 7.48. The van der Waals surface area contributed by atoms with E-state index in [0.717, 1.165) is 22.3 Å². The number of carbonyl (C=O) groups excluding carboxylic acids is 1. The van der Waals surface area contributed by atoms with E-state index in [9.17, 15) is 18.0 Å². The second-order valence-electron chi connectivity index (χ2n) is 5.59. The van der Waals surface area contributed by atoms with E-state index in [4.69, 9.17) is 0 Å². The molecule has 26 heavy (non-hydrogen) atoms. The number of amides is 1. The number of anilines is 1. The molecule has 0 aliphatic rings. The van der Waals surface area contributed by atoms with Crippen molar-refractivity contribution in [3.63, 3.8) is 0 Å². The minimum absolute atomic E-state index is 0.0805. The number of carbonyl (C=O) groups is 1. The lowest BCUT2D eigenvalue weighted by molar-refractivity contribution is -0.114. The highest BCUT2D eigenvalue weighted by molar-refractivity contribution is 7.91. The summed E-state index contributed by atoms with van der Waals surface area (Å²) in [6, 6.07) is 7.22. The minimum Gasteiger partial charge on any atom is -0.322 e. The summed E-state index contributed by atoms with van der Waals surface area (Å²) in [5.74, 6) is -0.379. The number of hydrogen-bond donors (Lipinski definition) is 3.